The van der Waals surface area contributed by atoms with Gasteiger partial charge in [0.1, 0.15) is 0 Å². The molecule has 0 N–H and O–H groups in total. The molecular weight excluding hydrogens is 382 g/mol. The first-order chi connectivity index (χ1) is 14.9. The molecule has 0 aromatic heterocycles. The van der Waals surface area contributed by atoms with Crippen LogP contribution in [0, 0.1) is 0 Å². The maximum Gasteiger partial charge on any atom is 0.161 e. The van der Waals surface area contributed by atoms with E-state index in [9.17, 15) is 0 Å². The highest BCUT2D eigenvalue weighted by atomic mass is 16.5. The third-order valence-corrected chi connectivity index (χ3v) is 6.31. The number of hydrogen-bond donors (Lipinski definition) is 0. The summed E-state index contributed by atoms with van der Waals surface area (Å²) in [5.74, 6) is 1.60. The molecule has 1 aliphatic rings. The molecule has 31 heavy (non-hydrogen) atoms. The van der Waals surface area contributed by atoms with E-state index in [1.54, 1.807) is 14.2 Å². The molecule has 1 atom stereocenters. The Bertz CT molecular complexity index is 877. The summed E-state index contributed by atoms with van der Waals surface area (Å²) in [7, 11) is 3.42. The van der Waals surface area contributed by atoms with Crippen LogP contribution in [-0.2, 0) is 12.0 Å². The fourth-order valence-electron chi connectivity index (χ4n) is 4.37. The summed E-state index contributed by atoms with van der Waals surface area (Å²) in [6.45, 7) is 9.97. The monoisotopic (exact) mass is 421 g/mol. The van der Waals surface area contributed by atoms with Crippen molar-refractivity contribution in [2.24, 2.45) is 0 Å². The van der Waals surface area contributed by atoms with E-state index >= 15 is 0 Å². The first-order valence-electron chi connectivity index (χ1n) is 11.7. The molecule has 0 amide bonds. The molecule has 2 aromatic rings. The topological polar surface area (TPSA) is 21.7 Å². The molecule has 0 fully saturated rings. The molecule has 0 bridgehead atoms. The van der Waals surface area contributed by atoms with Crippen LogP contribution in [0.15, 0.2) is 42.6 Å². The second-order valence-corrected chi connectivity index (χ2v) is 9.64. The summed E-state index contributed by atoms with van der Waals surface area (Å²) in [6, 6.07) is 13.8. The minimum atomic E-state index is 0.180. The van der Waals surface area contributed by atoms with Crippen LogP contribution in [0.25, 0.3) is 6.08 Å². The molecule has 0 aliphatic carbocycles. The summed E-state index contributed by atoms with van der Waals surface area (Å²) in [6.07, 6.45) is 10.7. The van der Waals surface area contributed by atoms with Gasteiger partial charge in [0.25, 0.3) is 0 Å². The highest BCUT2D eigenvalue weighted by Crippen LogP contribution is 2.41. The van der Waals surface area contributed by atoms with E-state index in [0.717, 1.165) is 24.5 Å². The molecule has 168 valence electrons. The molecule has 0 saturated heterocycles. The van der Waals surface area contributed by atoms with Gasteiger partial charge in [0.15, 0.2) is 11.5 Å². The van der Waals surface area contributed by atoms with Crippen LogP contribution in [0.1, 0.15) is 88.1 Å². The molecular formula is C28H39NO2. The molecule has 3 heteroatoms. The molecule has 2 aromatic carbocycles. The van der Waals surface area contributed by atoms with Gasteiger partial charge < -0.3 is 14.4 Å². The highest BCUT2D eigenvalue weighted by Gasteiger charge is 2.25. The van der Waals surface area contributed by atoms with Gasteiger partial charge in [0.2, 0.25) is 0 Å². The first-order valence-corrected chi connectivity index (χ1v) is 11.7. The molecule has 1 heterocycles. The van der Waals surface area contributed by atoms with Crippen molar-refractivity contribution in [3.63, 3.8) is 0 Å². The smallest absolute Gasteiger partial charge is 0.161 e. The maximum absolute atomic E-state index is 5.62. The van der Waals surface area contributed by atoms with E-state index in [-0.39, 0.29) is 5.41 Å². The largest absolute Gasteiger partial charge is 0.493 e. The summed E-state index contributed by atoms with van der Waals surface area (Å²) in [5.41, 5.74) is 5.48. The zero-order chi connectivity index (χ0) is 22.4. The minimum absolute atomic E-state index is 0.180. The molecule has 0 radical (unpaired) electrons. The molecule has 3 nitrogen and oxygen atoms in total. The predicted octanol–water partition coefficient (Wildman–Crippen LogP) is 7.50. The number of ether oxygens (including phenoxy) is 2. The Balaban J connectivity index is 1.87. The van der Waals surface area contributed by atoms with Gasteiger partial charge in [-0.1, -0.05) is 77.6 Å². The van der Waals surface area contributed by atoms with Gasteiger partial charge in [-0.15, -0.1) is 0 Å². The van der Waals surface area contributed by atoms with E-state index in [2.05, 4.69) is 81.3 Å². The number of rotatable bonds is 9. The molecule has 3 rings (SSSR count). The summed E-state index contributed by atoms with van der Waals surface area (Å²) >= 11 is 0. The van der Waals surface area contributed by atoms with E-state index in [4.69, 9.17) is 9.47 Å². The van der Waals surface area contributed by atoms with Gasteiger partial charge in [0.05, 0.1) is 20.3 Å². The van der Waals surface area contributed by atoms with Crippen molar-refractivity contribution in [1.82, 2.24) is 4.90 Å². The third-order valence-electron chi connectivity index (χ3n) is 6.31. The first kappa shape index (κ1) is 23.2. The Morgan fingerprint density at radius 3 is 2.19 bits per heavy atom. The molecule has 1 unspecified atom stereocenters. The van der Waals surface area contributed by atoms with E-state index in [1.807, 2.05) is 0 Å². The normalized spacial score (nSPS) is 15.7. The lowest BCUT2D eigenvalue weighted by Crippen LogP contribution is -2.26. The van der Waals surface area contributed by atoms with E-state index in [1.165, 1.54) is 47.9 Å². The molecule has 0 spiro atoms. The SMILES string of the molecule is CCCCCCC1c2cc(OC)c(OC)cc2C=CN1Cc1ccc(C(C)(C)C)cc1. The maximum atomic E-state index is 5.62. The van der Waals surface area contributed by atoms with Gasteiger partial charge in [-0.25, -0.2) is 0 Å². The highest BCUT2D eigenvalue weighted by molar-refractivity contribution is 5.63. The van der Waals surface area contributed by atoms with Crippen molar-refractivity contribution in [2.45, 2.75) is 77.8 Å². The van der Waals surface area contributed by atoms with Gasteiger partial charge in [-0.2, -0.15) is 0 Å². The summed E-state index contributed by atoms with van der Waals surface area (Å²) in [5, 5.41) is 0. The Kier molecular flexibility index (Phi) is 7.69. The van der Waals surface area contributed by atoms with Crippen molar-refractivity contribution in [3.05, 3.63) is 64.9 Å². The zero-order valence-electron chi connectivity index (χ0n) is 20.2. The van der Waals surface area contributed by atoms with Crippen LogP contribution in [-0.4, -0.2) is 19.1 Å². The number of unbranched alkanes of at least 4 members (excludes halogenated alkanes) is 3. The molecule has 1 aliphatic heterocycles. The van der Waals surface area contributed by atoms with Crippen molar-refractivity contribution in [3.8, 4) is 11.5 Å². The van der Waals surface area contributed by atoms with Crippen LogP contribution in [0.2, 0.25) is 0 Å². The van der Waals surface area contributed by atoms with Gasteiger partial charge in [-0.3, -0.25) is 0 Å². The Morgan fingerprint density at radius 2 is 1.58 bits per heavy atom. The summed E-state index contributed by atoms with van der Waals surface area (Å²) in [4.78, 5) is 2.49. The second-order valence-electron chi connectivity index (χ2n) is 9.64. The fraction of sp³-hybridized carbons (Fsp3) is 0.500. The fourth-order valence-corrected chi connectivity index (χ4v) is 4.37. The lowest BCUT2D eigenvalue weighted by atomic mass is 9.86. The minimum Gasteiger partial charge on any atom is -0.493 e. The van der Waals surface area contributed by atoms with Crippen molar-refractivity contribution in [2.75, 3.05) is 14.2 Å². The van der Waals surface area contributed by atoms with Crippen molar-refractivity contribution in [1.29, 1.82) is 0 Å². The van der Waals surface area contributed by atoms with Crippen LogP contribution in [0.4, 0.5) is 0 Å². The van der Waals surface area contributed by atoms with Crippen LogP contribution >= 0.6 is 0 Å². The van der Waals surface area contributed by atoms with Crippen LogP contribution in [0.5, 0.6) is 11.5 Å². The number of nitrogens with zero attached hydrogens (tertiary/aromatic N) is 1. The Labute approximate surface area is 189 Å². The lowest BCUT2D eigenvalue weighted by Gasteiger charge is -2.36. The standard InChI is InChI=1S/C28H39NO2/c1-7-8-9-10-11-25-24-19-27(31-6)26(30-5)18-22(24)16-17-29(25)20-21-12-14-23(15-13-21)28(2,3)4/h12-19,25H,7-11,20H2,1-6H3. The number of benzene rings is 2. The second kappa shape index (κ2) is 10.3. The van der Waals surface area contributed by atoms with E-state index in [0.29, 0.717) is 6.04 Å². The number of fused-ring (bicyclic) bond motifs is 1. The summed E-state index contributed by atoms with van der Waals surface area (Å²) < 4.78 is 11.2. The van der Waals surface area contributed by atoms with Crippen molar-refractivity contribution >= 4 is 6.08 Å². The van der Waals surface area contributed by atoms with Gasteiger partial charge in [0, 0.05) is 12.7 Å². The zero-order valence-corrected chi connectivity index (χ0v) is 20.2. The van der Waals surface area contributed by atoms with Gasteiger partial charge >= 0.3 is 0 Å². The molecule has 0 saturated carbocycles. The van der Waals surface area contributed by atoms with Crippen LogP contribution < -0.4 is 9.47 Å². The lowest BCUT2D eigenvalue weighted by molar-refractivity contribution is 0.248. The van der Waals surface area contributed by atoms with Crippen LogP contribution in [0.3, 0.4) is 0 Å². The quantitative estimate of drug-likeness (QED) is 0.391. The number of hydrogen-bond acceptors (Lipinski definition) is 3. The Morgan fingerprint density at radius 1 is 0.903 bits per heavy atom. The average molecular weight is 422 g/mol. The van der Waals surface area contributed by atoms with Crippen molar-refractivity contribution < 1.29 is 9.47 Å². The number of methoxy groups -OCH3 is 2. The predicted molar refractivity (Wildman–Crippen MR) is 131 cm³/mol. The Hall–Kier alpha value is -2.42. The van der Waals surface area contributed by atoms with Gasteiger partial charge in [-0.05, 0) is 52.3 Å². The third kappa shape index (κ3) is 5.64. The average Bonchev–Trinajstić information content (AvgIpc) is 2.76. The van der Waals surface area contributed by atoms with E-state index < -0.39 is 0 Å².